The topological polar surface area (TPSA) is 123 Å². The minimum atomic E-state index is -3.76. The number of sulfonamides is 1. The van der Waals surface area contributed by atoms with E-state index in [9.17, 15) is 13.2 Å². The normalized spacial score (nSPS) is 11.1. The number of nitrogens with zero attached hydrogens (tertiary/aromatic N) is 1. The van der Waals surface area contributed by atoms with E-state index in [4.69, 9.17) is 17.3 Å². The van der Waals surface area contributed by atoms with Crippen molar-refractivity contribution in [1.82, 2.24) is 9.71 Å². The zero-order chi connectivity index (χ0) is 14.5. The van der Waals surface area contributed by atoms with Gasteiger partial charge in [0.2, 0.25) is 10.0 Å². The highest BCUT2D eigenvalue weighted by molar-refractivity contribution is 7.89. The first kappa shape index (κ1) is 15.5. The highest BCUT2D eigenvalue weighted by Gasteiger charge is 2.16. The van der Waals surface area contributed by atoms with Crippen LogP contribution in [0.4, 0.5) is 10.6 Å². The first-order valence-corrected chi connectivity index (χ1v) is 6.98. The van der Waals surface area contributed by atoms with Gasteiger partial charge in [-0.2, -0.15) is 0 Å². The summed E-state index contributed by atoms with van der Waals surface area (Å²) in [6, 6.07) is 1.26. The molecule has 0 spiro atoms. The molecule has 1 aromatic heterocycles. The third-order valence-corrected chi connectivity index (χ3v) is 3.72. The molecule has 0 radical (unpaired) electrons. The standard InChI is InChI=1S/C9H13ClN4O4S/c1-12-8-7(10)4-6(5-13-8)19(16,17)14-2-3-18-9(11)15/h4-5,14H,2-3H2,1H3,(H2,11,15)(H,12,13). The highest BCUT2D eigenvalue weighted by Crippen LogP contribution is 2.21. The van der Waals surface area contributed by atoms with Gasteiger partial charge in [-0.15, -0.1) is 0 Å². The average Bonchev–Trinajstić information content (AvgIpc) is 2.34. The number of primary amides is 1. The predicted octanol–water partition coefficient (Wildman–Crippen LogP) is 0.150. The van der Waals surface area contributed by atoms with Crippen molar-refractivity contribution in [2.75, 3.05) is 25.5 Å². The van der Waals surface area contributed by atoms with E-state index in [2.05, 4.69) is 19.8 Å². The van der Waals surface area contributed by atoms with Crippen molar-refractivity contribution in [2.24, 2.45) is 5.73 Å². The molecule has 0 aromatic carbocycles. The summed E-state index contributed by atoms with van der Waals surface area (Å²) >= 11 is 5.84. The van der Waals surface area contributed by atoms with E-state index in [1.807, 2.05) is 0 Å². The fourth-order valence-corrected chi connectivity index (χ4v) is 2.47. The Balaban J connectivity index is 2.72. The Kier molecular flexibility index (Phi) is 5.33. The van der Waals surface area contributed by atoms with E-state index in [0.29, 0.717) is 5.82 Å². The number of pyridine rings is 1. The summed E-state index contributed by atoms with van der Waals surface area (Å²) in [4.78, 5) is 14.1. The lowest BCUT2D eigenvalue weighted by molar-refractivity contribution is 0.159. The van der Waals surface area contributed by atoms with Gasteiger partial charge in [-0.1, -0.05) is 11.6 Å². The zero-order valence-electron chi connectivity index (χ0n) is 10.0. The number of halogens is 1. The van der Waals surface area contributed by atoms with Crippen LogP contribution in [-0.2, 0) is 14.8 Å². The second-order valence-electron chi connectivity index (χ2n) is 3.32. The number of nitrogens with one attached hydrogen (secondary N) is 2. The lowest BCUT2D eigenvalue weighted by atomic mass is 10.4. The van der Waals surface area contributed by atoms with Crippen molar-refractivity contribution in [2.45, 2.75) is 4.90 Å². The van der Waals surface area contributed by atoms with Gasteiger partial charge in [0.25, 0.3) is 0 Å². The first-order valence-electron chi connectivity index (χ1n) is 5.12. The molecule has 0 fully saturated rings. The van der Waals surface area contributed by atoms with Gasteiger partial charge in [0, 0.05) is 19.8 Å². The van der Waals surface area contributed by atoms with Gasteiger partial charge in [0.15, 0.2) is 0 Å². The molecule has 4 N–H and O–H groups in total. The minimum Gasteiger partial charge on any atom is -0.448 e. The van der Waals surface area contributed by atoms with Crippen LogP contribution in [0.1, 0.15) is 0 Å². The molecule has 0 saturated heterocycles. The maximum atomic E-state index is 11.8. The van der Waals surface area contributed by atoms with Crippen LogP contribution in [0.5, 0.6) is 0 Å². The molecule has 0 saturated carbocycles. The molecule has 10 heteroatoms. The molecule has 0 aliphatic heterocycles. The third-order valence-electron chi connectivity index (χ3n) is 2.00. The molecule has 0 aliphatic carbocycles. The van der Waals surface area contributed by atoms with Crippen LogP contribution in [-0.4, -0.2) is 39.7 Å². The van der Waals surface area contributed by atoms with E-state index < -0.39 is 16.1 Å². The average molecular weight is 309 g/mol. The number of nitrogens with two attached hydrogens (primary N) is 1. The molecular weight excluding hydrogens is 296 g/mol. The third kappa shape index (κ3) is 4.54. The van der Waals surface area contributed by atoms with E-state index in [-0.39, 0.29) is 23.1 Å². The van der Waals surface area contributed by atoms with Gasteiger partial charge in [-0.25, -0.2) is 22.9 Å². The minimum absolute atomic E-state index is 0.0874. The SMILES string of the molecule is CNc1ncc(S(=O)(=O)NCCOC(N)=O)cc1Cl. The van der Waals surface area contributed by atoms with Crippen LogP contribution in [0.15, 0.2) is 17.2 Å². The van der Waals surface area contributed by atoms with Crippen molar-refractivity contribution in [3.8, 4) is 0 Å². The number of rotatable bonds is 6. The van der Waals surface area contributed by atoms with Gasteiger partial charge >= 0.3 is 6.09 Å². The summed E-state index contributed by atoms with van der Waals surface area (Å²) in [6.07, 6.45) is 0.192. The number of amides is 1. The summed E-state index contributed by atoms with van der Waals surface area (Å²) in [5, 5.41) is 2.89. The fourth-order valence-electron chi connectivity index (χ4n) is 1.16. The van der Waals surface area contributed by atoms with Crippen LogP contribution in [0.2, 0.25) is 5.02 Å². The maximum absolute atomic E-state index is 11.8. The second-order valence-corrected chi connectivity index (χ2v) is 5.49. The van der Waals surface area contributed by atoms with Crippen molar-refractivity contribution < 1.29 is 17.9 Å². The van der Waals surface area contributed by atoms with Crippen molar-refractivity contribution in [3.05, 3.63) is 17.3 Å². The highest BCUT2D eigenvalue weighted by atomic mass is 35.5. The molecule has 0 unspecified atom stereocenters. The van der Waals surface area contributed by atoms with Gasteiger partial charge in [0.05, 0.1) is 5.02 Å². The molecule has 1 heterocycles. The summed E-state index contributed by atoms with van der Waals surface area (Å²) in [5.74, 6) is 0.373. The molecule has 1 aromatic rings. The van der Waals surface area contributed by atoms with Crippen molar-refractivity contribution >= 4 is 33.5 Å². The molecular formula is C9H13ClN4O4S. The van der Waals surface area contributed by atoms with E-state index in [1.54, 1.807) is 7.05 Å². The molecule has 19 heavy (non-hydrogen) atoms. The van der Waals surface area contributed by atoms with E-state index in [1.165, 1.54) is 6.07 Å². The summed E-state index contributed by atoms with van der Waals surface area (Å²) < 4.78 is 30.3. The van der Waals surface area contributed by atoms with Gasteiger partial charge in [-0.05, 0) is 6.07 Å². The molecule has 8 nitrogen and oxygen atoms in total. The van der Waals surface area contributed by atoms with Crippen LogP contribution in [0.3, 0.4) is 0 Å². The Bertz CT molecular complexity index is 563. The number of anilines is 1. The first-order chi connectivity index (χ1) is 8.86. The van der Waals surface area contributed by atoms with Crippen LogP contribution < -0.4 is 15.8 Å². The number of ether oxygens (including phenoxy) is 1. The monoisotopic (exact) mass is 308 g/mol. The quantitative estimate of drug-likeness (QED) is 0.643. The molecule has 1 rings (SSSR count). The van der Waals surface area contributed by atoms with Crippen molar-refractivity contribution in [1.29, 1.82) is 0 Å². The molecule has 106 valence electrons. The second kappa shape index (κ2) is 6.55. The Morgan fingerprint density at radius 2 is 2.26 bits per heavy atom. The van der Waals surface area contributed by atoms with Crippen LogP contribution >= 0.6 is 11.6 Å². The van der Waals surface area contributed by atoms with Gasteiger partial charge in [0.1, 0.15) is 17.3 Å². The fraction of sp³-hybridized carbons (Fsp3) is 0.333. The number of hydrogen-bond donors (Lipinski definition) is 3. The molecule has 0 aliphatic rings. The number of carbonyl (C=O) groups excluding carboxylic acids is 1. The van der Waals surface area contributed by atoms with Gasteiger partial charge in [-0.3, -0.25) is 0 Å². The number of hydrogen-bond acceptors (Lipinski definition) is 6. The Morgan fingerprint density at radius 3 is 2.79 bits per heavy atom. The maximum Gasteiger partial charge on any atom is 0.404 e. The molecule has 0 atom stereocenters. The summed E-state index contributed by atoms with van der Waals surface area (Å²) in [6.45, 7) is -0.263. The predicted molar refractivity (Wildman–Crippen MR) is 69.5 cm³/mol. The summed E-state index contributed by atoms with van der Waals surface area (Å²) in [5.41, 5.74) is 4.73. The lowest BCUT2D eigenvalue weighted by Gasteiger charge is -2.08. The van der Waals surface area contributed by atoms with Crippen molar-refractivity contribution in [3.63, 3.8) is 0 Å². The Labute approximate surface area is 115 Å². The zero-order valence-corrected chi connectivity index (χ0v) is 11.6. The van der Waals surface area contributed by atoms with E-state index >= 15 is 0 Å². The largest absolute Gasteiger partial charge is 0.448 e. The number of carbonyl (C=O) groups is 1. The summed E-state index contributed by atoms with van der Waals surface area (Å²) in [7, 11) is -2.15. The number of aromatic nitrogens is 1. The van der Waals surface area contributed by atoms with Crippen LogP contribution in [0.25, 0.3) is 0 Å². The molecule has 1 amide bonds. The Hall–Kier alpha value is -1.58. The lowest BCUT2D eigenvalue weighted by Crippen LogP contribution is -2.29. The van der Waals surface area contributed by atoms with Gasteiger partial charge < -0.3 is 15.8 Å². The van der Waals surface area contributed by atoms with E-state index in [0.717, 1.165) is 6.20 Å². The smallest absolute Gasteiger partial charge is 0.404 e. The molecule has 0 bridgehead atoms. The Morgan fingerprint density at radius 1 is 1.58 bits per heavy atom. The van der Waals surface area contributed by atoms with Crippen LogP contribution in [0, 0.1) is 0 Å².